The second-order valence-electron chi connectivity index (χ2n) is 7.21. The van der Waals surface area contributed by atoms with Gasteiger partial charge in [-0.25, -0.2) is 13.4 Å². The average molecular weight is 513 g/mol. The molecule has 0 aliphatic heterocycles. The molecule has 4 aromatic rings. The maximum atomic E-state index is 13.8. The number of ketones is 1. The Kier molecular flexibility index (Phi) is 5.82. The second-order valence-corrected chi connectivity index (χ2v) is 9.30. The van der Waals surface area contributed by atoms with Crippen LogP contribution < -0.4 is 4.72 Å². The van der Waals surface area contributed by atoms with Gasteiger partial charge in [-0.1, -0.05) is 16.1 Å². The Morgan fingerprint density at radius 3 is 2.56 bits per heavy atom. The van der Waals surface area contributed by atoms with E-state index in [4.69, 9.17) is 11.6 Å². The van der Waals surface area contributed by atoms with Crippen molar-refractivity contribution in [3.63, 3.8) is 0 Å². The molecule has 1 N–H and O–H groups in total. The number of sulfonamides is 1. The summed E-state index contributed by atoms with van der Waals surface area (Å²) in [6, 6.07) is 6.05. The normalized spacial score (nSPS) is 12.2. The lowest BCUT2D eigenvalue weighted by Gasteiger charge is -2.14. The van der Waals surface area contributed by atoms with E-state index in [1.807, 2.05) is 0 Å². The summed E-state index contributed by atoms with van der Waals surface area (Å²) in [5.41, 5.74) is -1.58. The van der Waals surface area contributed by atoms with Crippen molar-refractivity contribution < 1.29 is 30.9 Å². The highest BCUT2D eigenvalue weighted by atomic mass is 35.5. The van der Waals surface area contributed by atoms with Gasteiger partial charge in [0.2, 0.25) is 5.78 Å². The zero-order chi connectivity index (χ0) is 24.8. The summed E-state index contributed by atoms with van der Waals surface area (Å²) in [6.45, 7) is 1.58. The van der Waals surface area contributed by atoms with Crippen LogP contribution in [0.4, 0.5) is 23.3 Å². The third-order valence-electron chi connectivity index (χ3n) is 4.83. The number of halogens is 5. The number of hydrogen-bond donors (Lipinski definition) is 1. The second kappa shape index (κ2) is 8.37. The Balaban J connectivity index is 1.78. The van der Waals surface area contributed by atoms with Crippen molar-refractivity contribution in [2.45, 2.75) is 18.0 Å². The molecule has 34 heavy (non-hydrogen) atoms. The molecule has 0 spiro atoms. The molecule has 0 fully saturated rings. The molecule has 1 aromatic carbocycles. The van der Waals surface area contributed by atoms with Gasteiger partial charge in [-0.2, -0.15) is 18.0 Å². The number of aryl methyl sites for hydroxylation is 1. The fourth-order valence-corrected chi connectivity index (χ4v) is 4.56. The molecular weight excluding hydrogens is 500 g/mol. The third-order valence-corrected chi connectivity index (χ3v) is 6.52. The lowest BCUT2D eigenvalue weighted by atomic mass is 10.0. The molecule has 4 rings (SSSR count). The van der Waals surface area contributed by atoms with Crippen LogP contribution >= 0.6 is 11.6 Å². The van der Waals surface area contributed by atoms with Crippen LogP contribution in [0.15, 0.2) is 59.9 Å². The SMILES string of the molecule is Cc1cnc(C(=O)c2ccnc3c2ccn3F)c(NS(=O)(=O)c2ccc(Cl)c(C(F)(F)F)c2)c1. The zero-order valence-corrected chi connectivity index (χ0v) is 18.6. The Hall–Kier alpha value is -3.51. The molecule has 0 saturated carbocycles. The first kappa shape index (κ1) is 23.6. The predicted octanol–water partition coefficient (Wildman–Crippen LogP) is 5.18. The summed E-state index contributed by atoms with van der Waals surface area (Å²) in [5.74, 6) is -0.747. The number of fused-ring (bicyclic) bond motifs is 1. The molecule has 0 unspecified atom stereocenters. The zero-order valence-electron chi connectivity index (χ0n) is 17.1. The van der Waals surface area contributed by atoms with Gasteiger partial charge < -0.3 is 0 Å². The molecule has 0 radical (unpaired) electrons. The van der Waals surface area contributed by atoms with Gasteiger partial charge in [0, 0.05) is 29.5 Å². The van der Waals surface area contributed by atoms with Gasteiger partial charge >= 0.3 is 6.18 Å². The lowest BCUT2D eigenvalue weighted by Crippen LogP contribution is -2.18. The van der Waals surface area contributed by atoms with Crippen molar-refractivity contribution in [2.24, 2.45) is 0 Å². The molecule has 0 amide bonds. The number of carbonyl (C=O) groups excluding carboxylic acids is 1. The topological polar surface area (TPSA) is 93.9 Å². The minimum Gasteiger partial charge on any atom is -0.287 e. The predicted molar refractivity (Wildman–Crippen MR) is 116 cm³/mol. The summed E-state index contributed by atoms with van der Waals surface area (Å²) in [4.78, 5) is 20.6. The number of nitrogens with zero attached hydrogens (tertiary/aromatic N) is 3. The van der Waals surface area contributed by atoms with E-state index in [0.717, 1.165) is 18.3 Å². The number of pyridine rings is 2. The van der Waals surface area contributed by atoms with E-state index in [9.17, 15) is 30.9 Å². The van der Waals surface area contributed by atoms with Crippen LogP contribution in [0.2, 0.25) is 5.02 Å². The van der Waals surface area contributed by atoms with E-state index in [1.165, 1.54) is 30.6 Å². The number of benzene rings is 1. The molecule has 0 aliphatic carbocycles. The van der Waals surface area contributed by atoms with Gasteiger partial charge in [-0.15, -0.1) is 0 Å². The largest absolute Gasteiger partial charge is 0.417 e. The molecule has 3 aromatic heterocycles. The smallest absolute Gasteiger partial charge is 0.287 e. The highest BCUT2D eigenvalue weighted by Crippen LogP contribution is 2.36. The van der Waals surface area contributed by atoms with Gasteiger partial charge in [0.15, 0.2) is 5.65 Å². The number of alkyl halides is 3. The first-order valence-corrected chi connectivity index (χ1v) is 11.3. The summed E-state index contributed by atoms with van der Waals surface area (Å²) in [5, 5.41) is -0.500. The van der Waals surface area contributed by atoms with Crippen LogP contribution in [0, 0.1) is 6.92 Å². The molecule has 176 valence electrons. The first-order chi connectivity index (χ1) is 15.9. The standard InChI is InChI=1S/C21H13ClF4N4O3S/c1-11-8-17(29-34(32,33)12-2-3-16(22)15(9-12)21(23,24)25)18(28-10-11)19(31)13-4-6-27-20-14(13)5-7-30(20)26/h2-10,29H,1H3. The van der Waals surface area contributed by atoms with Crippen molar-refractivity contribution in [2.75, 3.05) is 4.72 Å². The van der Waals surface area contributed by atoms with Gasteiger partial charge in [0.1, 0.15) is 5.69 Å². The van der Waals surface area contributed by atoms with Crippen molar-refractivity contribution in [1.82, 2.24) is 14.8 Å². The van der Waals surface area contributed by atoms with Gasteiger partial charge in [0.25, 0.3) is 10.0 Å². The van der Waals surface area contributed by atoms with Gasteiger partial charge in [-0.05, 0) is 48.9 Å². The number of aromatic nitrogens is 3. The molecule has 0 aliphatic rings. The molecule has 0 saturated heterocycles. The molecule has 3 heterocycles. The molecule has 13 heteroatoms. The lowest BCUT2D eigenvalue weighted by molar-refractivity contribution is -0.137. The van der Waals surface area contributed by atoms with Crippen LogP contribution in [0.5, 0.6) is 0 Å². The summed E-state index contributed by atoms with van der Waals surface area (Å²) >= 11 is 5.57. The van der Waals surface area contributed by atoms with E-state index in [0.29, 0.717) is 11.6 Å². The highest BCUT2D eigenvalue weighted by Gasteiger charge is 2.35. The fraction of sp³-hybridized carbons (Fsp3) is 0.0952. The quantitative estimate of drug-likeness (QED) is 0.294. The fourth-order valence-electron chi connectivity index (χ4n) is 3.25. The summed E-state index contributed by atoms with van der Waals surface area (Å²) in [7, 11) is -4.58. The van der Waals surface area contributed by atoms with Crippen LogP contribution in [0.25, 0.3) is 11.0 Å². The number of anilines is 1. The summed E-state index contributed by atoms with van der Waals surface area (Å²) < 4.78 is 81.4. The minimum atomic E-state index is -4.88. The molecule has 0 bridgehead atoms. The van der Waals surface area contributed by atoms with Crippen LogP contribution in [0.3, 0.4) is 0 Å². The first-order valence-electron chi connectivity index (χ1n) is 9.41. The van der Waals surface area contributed by atoms with E-state index < -0.39 is 37.5 Å². The van der Waals surface area contributed by atoms with Crippen LogP contribution in [-0.4, -0.2) is 29.0 Å². The van der Waals surface area contributed by atoms with E-state index in [2.05, 4.69) is 14.7 Å². The molecular formula is C21H13ClF4N4O3S. The Bertz CT molecular complexity index is 1550. The average Bonchev–Trinajstić information content (AvgIpc) is 3.13. The highest BCUT2D eigenvalue weighted by molar-refractivity contribution is 7.92. The minimum absolute atomic E-state index is 0.00375. The van der Waals surface area contributed by atoms with Crippen molar-refractivity contribution >= 4 is 44.1 Å². The van der Waals surface area contributed by atoms with E-state index in [-0.39, 0.29) is 32.8 Å². The van der Waals surface area contributed by atoms with Crippen LogP contribution in [-0.2, 0) is 16.2 Å². The van der Waals surface area contributed by atoms with E-state index >= 15 is 0 Å². The summed E-state index contributed by atoms with van der Waals surface area (Å²) in [6.07, 6.45) is -1.31. The molecule has 0 atom stereocenters. The van der Waals surface area contributed by atoms with E-state index in [1.54, 1.807) is 6.92 Å². The number of nitrogens with one attached hydrogen (secondary N) is 1. The Labute approximate surface area is 195 Å². The van der Waals surface area contributed by atoms with Crippen molar-refractivity contribution in [3.8, 4) is 0 Å². The maximum Gasteiger partial charge on any atom is 0.417 e. The monoisotopic (exact) mass is 512 g/mol. The van der Waals surface area contributed by atoms with Gasteiger partial charge in [0.05, 0.1) is 21.2 Å². The number of rotatable bonds is 5. The number of hydrogen-bond acceptors (Lipinski definition) is 5. The van der Waals surface area contributed by atoms with Gasteiger partial charge in [-0.3, -0.25) is 14.5 Å². The Morgan fingerprint density at radius 1 is 1.12 bits per heavy atom. The third kappa shape index (κ3) is 4.33. The van der Waals surface area contributed by atoms with Crippen molar-refractivity contribution in [3.05, 3.63) is 82.4 Å². The number of carbonyl (C=O) groups is 1. The molecule has 7 nitrogen and oxygen atoms in total. The van der Waals surface area contributed by atoms with Crippen LogP contribution in [0.1, 0.15) is 27.2 Å². The Morgan fingerprint density at radius 2 is 1.85 bits per heavy atom. The maximum absolute atomic E-state index is 13.8. The van der Waals surface area contributed by atoms with Crippen molar-refractivity contribution in [1.29, 1.82) is 0 Å².